The molecule has 0 aliphatic carbocycles. The quantitative estimate of drug-likeness (QED) is 0.749. The van der Waals surface area contributed by atoms with Crippen molar-refractivity contribution < 1.29 is 19.5 Å². The largest absolute Gasteiger partial charge is 0.480 e. The van der Waals surface area contributed by atoms with Gasteiger partial charge in [-0.2, -0.15) is 0 Å². The number of amides is 1. The van der Waals surface area contributed by atoms with E-state index in [1.165, 1.54) is 30.9 Å². The molecule has 1 heterocycles. The first-order valence-electron chi connectivity index (χ1n) is 4.94. The normalized spacial score (nSPS) is 11.9. The molecule has 7 heteroatoms. The van der Waals surface area contributed by atoms with Crippen LogP contribution in [-0.4, -0.2) is 38.5 Å². The molecule has 17 heavy (non-hydrogen) atoms. The molecule has 7 nitrogen and oxygen atoms in total. The van der Waals surface area contributed by atoms with E-state index in [0.717, 1.165) is 0 Å². The molecule has 1 unspecified atom stereocenters. The molecule has 0 spiro atoms. The molecule has 1 aromatic rings. The number of carbonyl (C=O) groups excluding carboxylic acids is 2. The maximum Gasteiger partial charge on any atom is 0.326 e. The summed E-state index contributed by atoms with van der Waals surface area (Å²) in [5.41, 5.74) is 0.432. The number of carboxylic acid groups (broad SMARTS) is 1. The number of hydrogen-bond donors (Lipinski definition) is 2. The standard InChI is InChI=1S/C10H13N3O4/c1-6(14)12-9(10(16)17)3-8-4-13(5-11-8)7(2)15/h4-5,9H,3H2,1-2H3,(H,12,14)(H,16,17). The molecule has 0 fully saturated rings. The Morgan fingerprint density at radius 2 is 2.12 bits per heavy atom. The number of aliphatic carboxylic acids is 1. The monoisotopic (exact) mass is 239 g/mol. The van der Waals surface area contributed by atoms with Gasteiger partial charge in [0.1, 0.15) is 12.4 Å². The van der Waals surface area contributed by atoms with E-state index < -0.39 is 17.9 Å². The summed E-state index contributed by atoms with van der Waals surface area (Å²) in [6.45, 7) is 2.61. The first-order valence-corrected chi connectivity index (χ1v) is 4.94. The summed E-state index contributed by atoms with van der Waals surface area (Å²) in [4.78, 5) is 36.6. The molecular weight excluding hydrogens is 226 g/mol. The topological polar surface area (TPSA) is 101 Å². The number of hydrogen-bond acceptors (Lipinski definition) is 4. The van der Waals surface area contributed by atoms with Crippen LogP contribution in [0.5, 0.6) is 0 Å². The molecule has 0 bridgehead atoms. The van der Waals surface area contributed by atoms with Gasteiger partial charge in [0.2, 0.25) is 11.8 Å². The lowest BCUT2D eigenvalue weighted by atomic mass is 10.1. The highest BCUT2D eigenvalue weighted by atomic mass is 16.4. The van der Waals surface area contributed by atoms with Crippen molar-refractivity contribution in [1.29, 1.82) is 0 Å². The highest BCUT2D eigenvalue weighted by Crippen LogP contribution is 2.01. The van der Waals surface area contributed by atoms with Crippen LogP contribution in [0.3, 0.4) is 0 Å². The van der Waals surface area contributed by atoms with Crippen molar-refractivity contribution in [1.82, 2.24) is 14.9 Å². The predicted octanol–water partition coefficient (Wildman–Crippen LogP) is -0.325. The zero-order valence-electron chi connectivity index (χ0n) is 9.51. The summed E-state index contributed by atoms with van der Waals surface area (Å²) >= 11 is 0. The van der Waals surface area contributed by atoms with Gasteiger partial charge in [0, 0.05) is 26.5 Å². The predicted molar refractivity (Wildman–Crippen MR) is 57.5 cm³/mol. The highest BCUT2D eigenvalue weighted by molar-refractivity contribution is 5.82. The van der Waals surface area contributed by atoms with Crippen molar-refractivity contribution in [3.05, 3.63) is 18.2 Å². The van der Waals surface area contributed by atoms with Crippen molar-refractivity contribution in [3.63, 3.8) is 0 Å². The average Bonchev–Trinajstić information content (AvgIpc) is 2.64. The Hall–Kier alpha value is -2.18. The van der Waals surface area contributed by atoms with Crippen LogP contribution in [-0.2, 0) is 16.0 Å². The van der Waals surface area contributed by atoms with Gasteiger partial charge in [0.05, 0.1) is 5.69 Å². The van der Waals surface area contributed by atoms with Crippen LogP contribution in [0.25, 0.3) is 0 Å². The van der Waals surface area contributed by atoms with Crippen LogP contribution in [0.15, 0.2) is 12.5 Å². The van der Waals surface area contributed by atoms with E-state index in [4.69, 9.17) is 5.11 Å². The molecule has 0 aromatic carbocycles. The molecule has 0 aliphatic rings. The number of rotatable bonds is 4. The molecule has 2 N–H and O–H groups in total. The minimum atomic E-state index is -1.14. The highest BCUT2D eigenvalue weighted by Gasteiger charge is 2.20. The molecule has 92 valence electrons. The zero-order chi connectivity index (χ0) is 13.0. The van der Waals surface area contributed by atoms with Gasteiger partial charge in [-0.25, -0.2) is 9.78 Å². The second-order valence-corrected chi connectivity index (χ2v) is 3.59. The number of imidazole rings is 1. The Kier molecular flexibility index (Phi) is 3.97. The summed E-state index contributed by atoms with van der Waals surface area (Å²) in [6, 6.07) is -1.04. The summed E-state index contributed by atoms with van der Waals surface area (Å²) in [5.74, 6) is -1.78. The van der Waals surface area contributed by atoms with Gasteiger partial charge >= 0.3 is 5.97 Å². The number of carbonyl (C=O) groups is 3. The fourth-order valence-electron chi connectivity index (χ4n) is 1.30. The van der Waals surface area contributed by atoms with Gasteiger partial charge in [-0.1, -0.05) is 0 Å². The SMILES string of the molecule is CC(=O)NC(Cc1cn(C(C)=O)cn1)C(=O)O. The fourth-order valence-corrected chi connectivity index (χ4v) is 1.30. The smallest absolute Gasteiger partial charge is 0.326 e. The second kappa shape index (κ2) is 5.24. The summed E-state index contributed by atoms with van der Waals surface area (Å²) in [7, 11) is 0. The lowest BCUT2D eigenvalue weighted by molar-refractivity contribution is -0.141. The van der Waals surface area contributed by atoms with Crippen molar-refractivity contribution in [3.8, 4) is 0 Å². The third-order valence-electron chi connectivity index (χ3n) is 2.09. The van der Waals surface area contributed by atoms with Crippen LogP contribution in [0, 0.1) is 0 Å². The molecular formula is C10H13N3O4. The number of nitrogens with zero attached hydrogens (tertiary/aromatic N) is 2. The summed E-state index contributed by atoms with van der Waals surface area (Å²) in [5, 5.41) is 11.2. The van der Waals surface area contributed by atoms with Gasteiger partial charge in [-0.3, -0.25) is 14.2 Å². The van der Waals surface area contributed by atoms with Gasteiger partial charge < -0.3 is 10.4 Å². The molecule has 0 saturated carbocycles. The summed E-state index contributed by atoms with van der Waals surface area (Å²) in [6.07, 6.45) is 2.79. The van der Waals surface area contributed by atoms with Crippen molar-refractivity contribution in [2.24, 2.45) is 0 Å². The molecule has 1 atom stereocenters. The van der Waals surface area contributed by atoms with E-state index in [9.17, 15) is 14.4 Å². The molecule has 1 amide bonds. The average molecular weight is 239 g/mol. The first kappa shape index (κ1) is 12.9. The molecule has 0 saturated heterocycles. The van der Waals surface area contributed by atoms with Crippen LogP contribution in [0.4, 0.5) is 0 Å². The van der Waals surface area contributed by atoms with E-state index in [1.54, 1.807) is 0 Å². The third kappa shape index (κ3) is 3.71. The maximum atomic E-state index is 11.0. The Labute approximate surface area is 97.5 Å². The van der Waals surface area contributed by atoms with Gasteiger partial charge in [0.15, 0.2) is 0 Å². The minimum absolute atomic E-state index is 0.0369. The molecule has 0 radical (unpaired) electrons. The third-order valence-corrected chi connectivity index (χ3v) is 2.09. The molecule has 0 aliphatic heterocycles. The number of aromatic nitrogens is 2. The Morgan fingerprint density at radius 1 is 1.47 bits per heavy atom. The lowest BCUT2D eigenvalue weighted by Crippen LogP contribution is -2.41. The lowest BCUT2D eigenvalue weighted by Gasteiger charge is -2.11. The van der Waals surface area contributed by atoms with E-state index in [2.05, 4.69) is 10.3 Å². The van der Waals surface area contributed by atoms with Crippen LogP contribution in [0.2, 0.25) is 0 Å². The number of nitrogens with one attached hydrogen (secondary N) is 1. The molecule has 1 rings (SSSR count). The van der Waals surface area contributed by atoms with E-state index in [-0.39, 0.29) is 12.3 Å². The van der Waals surface area contributed by atoms with Crippen LogP contribution in [0.1, 0.15) is 24.3 Å². The Balaban J connectivity index is 2.75. The zero-order valence-corrected chi connectivity index (χ0v) is 9.51. The first-order chi connectivity index (χ1) is 7.90. The van der Waals surface area contributed by atoms with Gasteiger partial charge in [-0.15, -0.1) is 0 Å². The van der Waals surface area contributed by atoms with Crippen LogP contribution < -0.4 is 5.32 Å². The van der Waals surface area contributed by atoms with Gasteiger partial charge in [0.25, 0.3) is 0 Å². The van der Waals surface area contributed by atoms with E-state index >= 15 is 0 Å². The van der Waals surface area contributed by atoms with E-state index in [1.807, 2.05) is 0 Å². The Morgan fingerprint density at radius 3 is 2.53 bits per heavy atom. The second-order valence-electron chi connectivity index (χ2n) is 3.59. The van der Waals surface area contributed by atoms with Crippen molar-refractivity contribution in [2.45, 2.75) is 26.3 Å². The van der Waals surface area contributed by atoms with E-state index in [0.29, 0.717) is 5.69 Å². The van der Waals surface area contributed by atoms with Gasteiger partial charge in [-0.05, 0) is 0 Å². The number of carboxylic acids is 1. The maximum absolute atomic E-state index is 11.0. The van der Waals surface area contributed by atoms with Crippen LogP contribution >= 0.6 is 0 Å². The summed E-state index contributed by atoms with van der Waals surface area (Å²) < 4.78 is 1.25. The van der Waals surface area contributed by atoms with Crippen molar-refractivity contribution >= 4 is 17.8 Å². The minimum Gasteiger partial charge on any atom is -0.480 e. The Bertz CT molecular complexity index is 452. The molecule has 1 aromatic heterocycles. The van der Waals surface area contributed by atoms with Crippen molar-refractivity contribution in [2.75, 3.05) is 0 Å². The fraction of sp³-hybridized carbons (Fsp3) is 0.400.